The predicted octanol–water partition coefficient (Wildman–Crippen LogP) is 1.18. The second-order valence-corrected chi connectivity index (χ2v) is 6.53. The number of pyridine rings is 1. The summed E-state index contributed by atoms with van der Waals surface area (Å²) in [6, 6.07) is 6.15. The zero-order chi connectivity index (χ0) is 19.6. The van der Waals surface area contributed by atoms with Crippen molar-refractivity contribution < 1.29 is 14.0 Å². The van der Waals surface area contributed by atoms with E-state index in [0.29, 0.717) is 24.5 Å². The van der Waals surface area contributed by atoms with Gasteiger partial charge in [-0.05, 0) is 49.7 Å². The summed E-state index contributed by atoms with van der Waals surface area (Å²) in [5.41, 5.74) is 1.46. The molecule has 1 saturated heterocycles. The van der Waals surface area contributed by atoms with Crippen LogP contribution in [0.1, 0.15) is 21.6 Å². The smallest absolute Gasteiger partial charge is 0.261 e. The van der Waals surface area contributed by atoms with Gasteiger partial charge in [0.15, 0.2) is 0 Å². The van der Waals surface area contributed by atoms with E-state index >= 15 is 0 Å². The highest BCUT2D eigenvalue weighted by Gasteiger charge is 2.33. The maximum atomic E-state index is 13.0. The molecule has 1 aliphatic rings. The Labute approximate surface area is 155 Å². The van der Waals surface area contributed by atoms with Crippen LogP contribution in [0.2, 0.25) is 0 Å². The van der Waals surface area contributed by atoms with E-state index in [2.05, 4.69) is 15.6 Å². The van der Waals surface area contributed by atoms with Crippen LogP contribution in [0.15, 0.2) is 35.1 Å². The number of H-pyrrole nitrogens is 1. The number of nitrogens with zero attached hydrogens (tertiary/aromatic N) is 1. The topological polar surface area (TPSA) is 94.3 Å². The molecule has 2 amide bonds. The molecule has 1 atom stereocenters. The molecule has 3 rings (SSSR count). The van der Waals surface area contributed by atoms with E-state index in [1.54, 1.807) is 19.9 Å². The van der Waals surface area contributed by atoms with E-state index in [0.717, 1.165) is 5.56 Å². The average molecular weight is 372 g/mol. The maximum absolute atomic E-state index is 13.0. The van der Waals surface area contributed by atoms with E-state index in [4.69, 9.17) is 0 Å². The molecule has 8 heteroatoms. The van der Waals surface area contributed by atoms with Gasteiger partial charge in [0.05, 0.1) is 0 Å². The van der Waals surface area contributed by atoms with Crippen molar-refractivity contribution in [2.45, 2.75) is 19.9 Å². The van der Waals surface area contributed by atoms with Gasteiger partial charge < -0.3 is 20.5 Å². The zero-order valence-corrected chi connectivity index (χ0v) is 15.1. The van der Waals surface area contributed by atoms with Crippen molar-refractivity contribution in [1.82, 2.24) is 15.2 Å². The first kappa shape index (κ1) is 18.8. The Hall–Kier alpha value is -3.00. The van der Waals surface area contributed by atoms with Gasteiger partial charge in [0.1, 0.15) is 17.4 Å². The number of aromatic amines is 1. The van der Waals surface area contributed by atoms with Gasteiger partial charge in [-0.1, -0.05) is 0 Å². The highest BCUT2D eigenvalue weighted by Crippen LogP contribution is 2.14. The minimum absolute atomic E-state index is 0.0135. The summed E-state index contributed by atoms with van der Waals surface area (Å²) in [5.74, 6) is -1.29. The van der Waals surface area contributed by atoms with Crippen LogP contribution in [0.4, 0.5) is 10.1 Å². The Morgan fingerprint density at radius 1 is 1.22 bits per heavy atom. The Morgan fingerprint density at radius 3 is 2.63 bits per heavy atom. The zero-order valence-electron chi connectivity index (χ0n) is 15.1. The van der Waals surface area contributed by atoms with Crippen LogP contribution in [0.3, 0.4) is 0 Å². The molecule has 0 radical (unpaired) electrons. The lowest BCUT2D eigenvalue weighted by atomic mass is 10.1. The number of aromatic nitrogens is 1. The molecule has 27 heavy (non-hydrogen) atoms. The normalized spacial score (nSPS) is 16.9. The highest BCUT2D eigenvalue weighted by molar-refractivity contribution is 6.01. The van der Waals surface area contributed by atoms with Gasteiger partial charge in [-0.15, -0.1) is 0 Å². The van der Waals surface area contributed by atoms with Crippen molar-refractivity contribution >= 4 is 17.5 Å². The van der Waals surface area contributed by atoms with Gasteiger partial charge in [0, 0.05) is 31.0 Å². The molecule has 3 N–H and O–H groups in total. The van der Waals surface area contributed by atoms with Crippen LogP contribution < -0.4 is 16.2 Å². The molecule has 1 unspecified atom stereocenters. The molecule has 1 aromatic heterocycles. The molecule has 0 bridgehead atoms. The number of aryl methyl sites for hydroxylation is 2. The van der Waals surface area contributed by atoms with Crippen molar-refractivity contribution in [3.8, 4) is 0 Å². The first-order chi connectivity index (χ1) is 12.9. The SMILES string of the molecule is Cc1cc(C(=O)N2CCNCC2C(=O)Nc2ccc(F)cc2)c(=O)[nH]c1C. The number of anilines is 1. The van der Waals surface area contributed by atoms with E-state index in [1.165, 1.54) is 29.2 Å². The number of benzene rings is 1. The van der Waals surface area contributed by atoms with Gasteiger partial charge >= 0.3 is 0 Å². The summed E-state index contributed by atoms with van der Waals surface area (Å²) in [6.07, 6.45) is 0. The van der Waals surface area contributed by atoms with Gasteiger partial charge in [0.25, 0.3) is 11.5 Å². The first-order valence-electron chi connectivity index (χ1n) is 8.65. The summed E-state index contributed by atoms with van der Waals surface area (Å²) < 4.78 is 13.0. The molecule has 142 valence electrons. The molecule has 0 spiro atoms. The van der Waals surface area contributed by atoms with Gasteiger partial charge in [-0.3, -0.25) is 14.4 Å². The first-order valence-corrected chi connectivity index (χ1v) is 8.65. The van der Waals surface area contributed by atoms with Crippen LogP contribution in [0, 0.1) is 19.7 Å². The summed E-state index contributed by atoms with van der Waals surface area (Å²) in [6.45, 7) is 4.65. The minimum Gasteiger partial charge on any atom is -0.326 e. The second kappa shape index (κ2) is 7.71. The minimum atomic E-state index is -0.780. The number of halogens is 1. The summed E-state index contributed by atoms with van der Waals surface area (Å²) in [7, 11) is 0. The largest absolute Gasteiger partial charge is 0.326 e. The van der Waals surface area contributed by atoms with E-state index in [1.807, 2.05) is 0 Å². The third-order valence-corrected chi connectivity index (χ3v) is 4.65. The van der Waals surface area contributed by atoms with Crippen LogP contribution in [0.5, 0.6) is 0 Å². The maximum Gasteiger partial charge on any atom is 0.261 e. The summed E-state index contributed by atoms with van der Waals surface area (Å²) in [4.78, 5) is 41.9. The summed E-state index contributed by atoms with van der Waals surface area (Å²) >= 11 is 0. The lowest BCUT2D eigenvalue weighted by Crippen LogP contribution is -2.58. The molecule has 2 aromatic rings. The van der Waals surface area contributed by atoms with Crippen molar-refractivity contribution in [3.63, 3.8) is 0 Å². The number of carbonyl (C=O) groups excluding carboxylic acids is 2. The fraction of sp³-hybridized carbons (Fsp3) is 0.316. The number of hydrogen-bond donors (Lipinski definition) is 3. The fourth-order valence-electron chi connectivity index (χ4n) is 2.98. The van der Waals surface area contributed by atoms with Crippen molar-refractivity contribution in [2.75, 3.05) is 25.0 Å². The predicted molar refractivity (Wildman–Crippen MR) is 99.3 cm³/mol. The third-order valence-electron chi connectivity index (χ3n) is 4.65. The van der Waals surface area contributed by atoms with E-state index in [9.17, 15) is 18.8 Å². The molecule has 1 fully saturated rings. The van der Waals surface area contributed by atoms with Crippen LogP contribution in [-0.2, 0) is 4.79 Å². The molecule has 1 aliphatic heterocycles. The molecular formula is C19H21FN4O3. The number of amides is 2. The van der Waals surface area contributed by atoms with Crippen LogP contribution in [0.25, 0.3) is 0 Å². The standard InChI is InChI=1S/C19H21FN4O3/c1-11-9-15(17(25)22-12(11)2)19(27)24-8-7-21-10-16(24)18(26)23-14-5-3-13(20)4-6-14/h3-6,9,16,21H,7-8,10H2,1-2H3,(H,22,25)(H,23,26). The average Bonchev–Trinajstić information content (AvgIpc) is 2.66. The number of carbonyl (C=O) groups is 2. The number of rotatable bonds is 3. The molecule has 0 saturated carbocycles. The van der Waals surface area contributed by atoms with E-state index < -0.39 is 29.2 Å². The van der Waals surface area contributed by atoms with E-state index in [-0.39, 0.29) is 12.1 Å². The van der Waals surface area contributed by atoms with Crippen LogP contribution >= 0.6 is 0 Å². The quantitative estimate of drug-likeness (QED) is 0.754. The number of piperazine rings is 1. The van der Waals surface area contributed by atoms with Gasteiger partial charge in [-0.25, -0.2) is 4.39 Å². The number of hydrogen-bond acceptors (Lipinski definition) is 4. The lowest BCUT2D eigenvalue weighted by Gasteiger charge is -2.35. The number of nitrogens with one attached hydrogen (secondary N) is 3. The van der Waals surface area contributed by atoms with Gasteiger partial charge in [0.2, 0.25) is 5.91 Å². The monoisotopic (exact) mass is 372 g/mol. The molecule has 0 aliphatic carbocycles. The Balaban J connectivity index is 1.83. The summed E-state index contributed by atoms with van der Waals surface area (Å²) in [5, 5.41) is 5.77. The van der Waals surface area contributed by atoms with Crippen molar-refractivity contribution in [2.24, 2.45) is 0 Å². The second-order valence-electron chi connectivity index (χ2n) is 6.53. The van der Waals surface area contributed by atoms with Gasteiger partial charge in [-0.2, -0.15) is 0 Å². The van der Waals surface area contributed by atoms with Crippen LogP contribution in [-0.4, -0.2) is 47.4 Å². The third kappa shape index (κ3) is 4.06. The molecule has 1 aromatic carbocycles. The highest BCUT2D eigenvalue weighted by atomic mass is 19.1. The Morgan fingerprint density at radius 2 is 1.93 bits per heavy atom. The fourth-order valence-corrected chi connectivity index (χ4v) is 2.98. The molecule has 7 nitrogen and oxygen atoms in total. The van der Waals surface area contributed by atoms with Crippen molar-refractivity contribution in [1.29, 1.82) is 0 Å². The Kier molecular flexibility index (Phi) is 5.36. The molecular weight excluding hydrogens is 351 g/mol. The van der Waals surface area contributed by atoms with Crippen molar-refractivity contribution in [3.05, 3.63) is 63.3 Å². The Bertz CT molecular complexity index is 924. The molecule has 2 heterocycles. The lowest BCUT2D eigenvalue weighted by molar-refractivity contribution is -0.121.